The first-order valence-corrected chi connectivity index (χ1v) is 10.5. The third-order valence-corrected chi connectivity index (χ3v) is 5.73. The molecule has 1 atom stereocenters. The van der Waals surface area contributed by atoms with E-state index < -0.39 is 0 Å². The number of amides is 1. The quantitative estimate of drug-likeness (QED) is 0.584. The van der Waals surface area contributed by atoms with E-state index in [0.29, 0.717) is 11.1 Å². The predicted octanol–water partition coefficient (Wildman–Crippen LogP) is 4.30. The second-order valence-electron chi connectivity index (χ2n) is 6.78. The molecule has 3 aromatic rings. The van der Waals surface area contributed by atoms with Crippen molar-refractivity contribution in [3.8, 4) is 11.4 Å². The first-order valence-electron chi connectivity index (χ1n) is 9.15. The average molecular weight is 414 g/mol. The van der Waals surface area contributed by atoms with Gasteiger partial charge in [-0.3, -0.25) is 14.3 Å². The van der Waals surface area contributed by atoms with Crippen LogP contribution in [0.1, 0.15) is 37.4 Å². The van der Waals surface area contributed by atoms with Crippen molar-refractivity contribution in [3.63, 3.8) is 0 Å². The van der Waals surface area contributed by atoms with Gasteiger partial charge < -0.3 is 5.32 Å². The fourth-order valence-electron chi connectivity index (χ4n) is 3.00. The Kier molecular flexibility index (Phi) is 5.64. The molecule has 6 nitrogen and oxygen atoms in total. The molecule has 0 bridgehead atoms. The van der Waals surface area contributed by atoms with Crippen LogP contribution in [-0.2, 0) is 4.79 Å². The van der Waals surface area contributed by atoms with E-state index in [0.717, 1.165) is 34.9 Å². The smallest absolute Gasteiger partial charge is 0.230 e. The van der Waals surface area contributed by atoms with E-state index in [4.69, 9.17) is 11.6 Å². The minimum Gasteiger partial charge on any atom is -0.349 e. The Hall–Kier alpha value is -2.38. The Morgan fingerprint density at radius 1 is 1.32 bits per heavy atom. The van der Waals surface area contributed by atoms with Crippen LogP contribution >= 0.6 is 23.4 Å². The van der Waals surface area contributed by atoms with Crippen LogP contribution in [0.3, 0.4) is 0 Å². The van der Waals surface area contributed by atoms with E-state index in [1.807, 2.05) is 43.3 Å². The molecule has 144 valence electrons. The highest BCUT2D eigenvalue weighted by Gasteiger charge is 2.30. The molecule has 1 saturated carbocycles. The van der Waals surface area contributed by atoms with Gasteiger partial charge in [0.1, 0.15) is 0 Å². The van der Waals surface area contributed by atoms with E-state index in [2.05, 4.69) is 25.1 Å². The van der Waals surface area contributed by atoms with Gasteiger partial charge in [-0.1, -0.05) is 35.5 Å². The van der Waals surface area contributed by atoms with Gasteiger partial charge in [-0.15, -0.1) is 10.2 Å². The van der Waals surface area contributed by atoms with Crippen molar-refractivity contribution in [2.45, 2.75) is 37.0 Å². The van der Waals surface area contributed by atoms with Crippen molar-refractivity contribution < 1.29 is 4.79 Å². The van der Waals surface area contributed by atoms with Gasteiger partial charge in [0.2, 0.25) is 5.91 Å². The van der Waals surface area contributed by atoms with E-state index in [1.54, 1.807) is 12.4 Å². The first kappa shape index (κ1) is 19.0. The molecule has 0 radical (unpaired) electrons. The van der Waals surface area contributed by atoms with Crippen molar-refractivity contribution in [3.05, 3.63) is 59.4 Å². The number of benzene rings is 1. The molecule has 0 saturated heterocycles. The molecule has 2 heterocycles. The molecule has 1 amide bonds. The van der Waals surface area contributed by atoms with Gasteiger partial charge in [0.05, 0.1) is 11.8 Å². The van der Waals surface area contributed by atoms with E-state index >= 15 is 0 Å². The highest BCUT2D eigenvalue weighted by atomic mass is 35.5. The number of hydrogen-bond donors (Lipinski definition) is 1. The monoisotopic (exact) mass is 413 g/mol. The lowest BCUT2D eigenvalue weighted by atomic mass is 10.1. The normalized spacial score (nSPS) is 14.6. The van der Waals surface area contributed by atoms with Gasteiger partial charge in [0.25, 0.3) is 0 Å². The zero-order valence-electron chi connectivity index (χ0n) is 15.4. The third-order valence-electron chi connectivity index (χ3n) is 4.55. The number of thioether (sulfide) groups is 1. The molecule has 8 heteroatoms. The van der Waals surface area contributed by atoms with Crippen molar-refractivity contribution in [2.75, 3.05) is 5.75 Å². The molecule has 1 fully saturated rings. The molecule has 28 heavy (non-hydrogen) atoms. The average Bonchev–Trinajstić information content (AvgIpc) is 3.46. The highest BCUT2D eigenvalue weighted by Crippen LogP contribution is 2.40. The summed E-state index contributed by atoms with van der Waals surface area (Å²) in [7, 11) is 0. The summed E-state index contributed by atoms with van der Waals surface area (Å²) in [6, 6.07) is 11.7. The minimum atomic E-state index is -0.112. The summed E-state index contributed by atoms with van der Waals surface area (Å²) in [5.41, 5.74) is 1.92. The molecule has 0 spiro atoms. The molecule has 1 aromatic carbocycles. The van der Waals surface area contributed by atoms with Gasteiger partial charge in [-0.2, -0.15) is 0 Å². The highest BCUT2D eigenvalue weighted by molar-refractivity contribution is 7.99. The lowest BCUT2D eigenvalue weighted by molar-refractivity contribution is -0.119. The Morgan fingerprint density at radius 2 is 2.18 bits per heavy atom. The number of halogens is 1. The number of nitrogens with one attached hydrogen (secondary N) is 1. The summed E-state index contributed by atoms with van der Waals surface area (Å²) in [6.07, 6.45) is 5.74. The molecule has 2 aromatic heterocycles. The van der Waals surface area contributed by atoms with Crippen molar-refractivity contribution in [2.24, 2.45) is 0 Å². The number of pyridine rings is 1. The molecule has 0 unspecified atom stereocenters. The van der Waals surface area contributed by atoms with Gasteiger partial charge in [-0.25, -0.2) is 0 Å². The minimum absolute atomic E-state index is 0.0502. The van der Waals surface area contributed by atoms with E-state index in [1.165, 1.54) is 11.8 Å². The van der Waals surface area contributed by atoms with Crippen molar-refractivity contribution in [1.29, 1.82) is 0 Å². The van der Waals surface area contributed by atoms with Crippen LogP contribution in [0.4, 0.5) is 0 Å². The van der Waals surface area contributed by atoms with Crippen LogP contribution in [0, 0.1) is 0 Å². The second-order valence-corrected chi connectivity index (χ2v) is 8.16. The van der Waals surface area contributed by atoms with Crippen LogP contribution < -0.4 is 5.32 Å². The Morgan fingerprint density at radius 3 is 2.89 bits per heavy atom. The Balaban J connectivity index is 1.42. The number of aromatic nitrogens is 4. The standard InChI is InChI=1S/C20H20ClN5OS/c1-13(14-4-2-6-16(21)10-14)23-18(27)12-28-20-25-24-19(26(20)17-7-8-17)15-5-3-9-22-11-15/h2-6,9-11,13,17H,7-8,12H2,1H3,(H,23,27)/t13-/m0/s1. The van der Waals surface area contributed by atoms with Crippen molar-refractivity contribution in [1.82, 2.24) is 25.1 Å². The summed E-state index contributed by atoms with van der Waals surface area (Å²) >= 11 is 7.44. The summed E-state index contributed by atoms with van der Waals surface area (Å²) in [4.78, 5) is 16.6. The molecular formula is C20H20ClN5OS. The number of nitrogens with zero attached hydrogens (tertiary/aromatic N) is 4. The summed E-state index contributed by atoms with van der Waals surface area (Å²) < 4.78 is 2.13. The summed E-state index contributed by atoms with van der Waals surface area (Å²) in [5.74, 6) is 1.04. The number of carbonyl (C=O) groups is 1. The number of hydrogen-bond acceptors (Lipinski definition) is 5. The molecule has 0 aliphatic heterocycles. The maximum Gasteiger partial charge on any atom is 0.230 e. The Labute approximate surface area is 172 Å². The molecule has 1 aliphatic rings. The lowest BCUT2D eigenvalue weighted by Crippen LogP contribution is -2.28. The van der Waals surface area contributed by atoms with Crippen molar-refractivity contribution >= 4 is 29.3 Å². The van der Waals surface area contributed by atoms with Gasteiger partial charge in [0.15, 0.2) is 11.0 Å². The van der Waals surface area contributed by atoms with Gasteiger partial charge in [0, 0.05) is 29.0 Å². The van der Waals surface area contributed by atoms with Crippen LogP contribution in [0.25, 0.3) is 11.4 Å². The van der Waals surface area contributed by atoms with Crippen LogP contribution in [-0.4, -0.2) is 31.4 Å². The summed E-state index contributed by atoms with van der Waals surface area (Å²) in [5, 5.41) is 13.1. The number of rotatable bonds is 7. The maximum absolute atomic E-state index is 12.4. The summed E-state index contributed by atoms with van der Waals surface area (Å²) in [6.45, 7) is 1.95. The topological polar surface area (TPSA) is 72.7 Å². The van der Waals surface area contributed by atoms with Crippen LogP contribution in [0.5, 0.6) is 0 Å². The molecule has 1 N–H and O–H groups in total. The van der Waals surface area contributed by atoms with Crippen LogP contribution in [0.15, 0.2) is 53.9 Å². The Bertz CT molecular complexity index is 974. The fraction of sp³-hybridized carbons (Fsp3) is 0.300. The fourth-order valence-corrected chi connectivity index (χ4v) is 4.02. The second kappa shape index (κ2) is 8.32. The SMILES string of the molecule is C[C@H](NC(=O)CSc1nnc(-c2cccnc2)n1C1CC1)c1cccc(Cl)c1. The third kappa shape index (κ3) is 4.36. The van der Waals surface area contributed by atoms with E-state index in [9.17, 15) is 4.79 Å². The molecule has 1 aliphatic carbocycles. The largest absolute Gasteiger partial charge is 0.349 e. The zero-order valence-corrected chi connectivity index (χ0v) is 17.0. The zero-order chi connectivity index (χ0) is 19.5. The van der Waals surface area contributed by atoms with Gasteiger partial charge in [-0.05, 0) is 49.6 Å². The molecule has 4 rings (SSSR count). The van der Waals surface area contributed by atoms with Gasteiger partial charge >= 0.3 is 0 Å². The lowest BCUT2D eigenvalue weighted by Gasteiger charge is -2.14. The maximum atomic E-state index is 12.4. The van der Waals surface area contributed by atoms with Crippen LogP contribution in [0.2, 0.25) is 5.02 Å². The number of carbonyl (C=O) groups excluding carboxylic acids is 1. The predicted molar refractivity (Wildman–Crippen MR) is 110 cm³/mol. The first-order chi connectivity index (χ1) is 13.6. The molecular weight excluding hydrogens is 394 g/mol. The van der Waals surface area contributed by atoms with E-state index in [-0.39, 0.29) is 17.7 Å².